The number of aromatic nitrogens is 2. The highest BCUT2D eigenvalue weighted by atomic mass is 16.2. The number of nitrogen functional groups attached to an aromatic ring is 1. The highest BCUT2D eigenvalue weighted by Crippen LogP contribution is 2.07. The van der Waals surface area contributed by atoms with Crippen LogP contribution in [0.2, 0.25) is 0 Å². The van der Waals surface area contributed by atoms with Crippen molar-refractivity contribution in [1.29, 1.82) is 0 Å². The maximum absolute atomic E-state index is 11.3. The van der Waals surface area contributed by atoms with Crippen LogP contribution in [0.4, 0.5) is 11.5 Å². The van der Waals surface area contributed by atoms with Crippen LogP contribution in [0.15, 0.2) is 9.59 Å². The van der Waals surface area contributed by atoms with E-state index < -0.39 is 11.2 Å². The summed E-state index contributed by atoms with van der Waals surface area (Å²) in [6.07, 6.45) is 5.53. The molecular formula is C9H12N4O2. The minimum absolute atomic E-state index is 0.0979. The zero-order valence-corrected chi connectivity index (χ0v) is 8.33. The highest BCUT2D eigenvalue weighted by Gasteiger charge is 2.08. The van der Waals surface area contributed by atoms with E-state index in [1.807, 2.05) is 0 Å². The van der Waals surface area contributed by atoms with Gasteiger partial charge in [-0.2, -0.15) is 0 Å². The summed E-state index contributed by atoms with van der Waals surface area (Å²) in [4.78, 5) is 24.6. The normalized spacial score (nSPS) is 9.60. The largest absolute Gasteiger partial charge is 0.383 e. The Labute approximate surface area is 86.1 Å². The minimum atomic E-state index is -0.542. The molecule has 0 bridgehead atoms. The van der Waals surface area contributed by atoms with Gasteiger partial charge < -0.3 is 11.1 Å². The summed E-state index contributed by atoms with van der Waals surface area (Å²) in [6, 6.07) is 0. The summed E-state index contributed by atoms with van der Waals surface area (Å²) in [5.41, 5.74) is 4.69. The predicted octanol–water partition coefficient (Wildman–Crippen LogP) is -0.909. The molecule has 15 heavy (non-hydrogen) atoms. The summed E-state index contributed by atoms with van der Waals surface area (Å²) in [5.74, 6) is 2.52. The Morgan fingerprint density at radius 2 is 2.27 bits per heavy atom. The molecule has 0 spiro atoms. The van der Waals surface area contributed by atoms with Crippen molar-refractivity contribution in [3.63, 3.8) is 0 Å². The van der Waals surface area contributed by atoms with E-state index in [1.54, 1.807) is 0 Å². The van der Waals surface area contributed by atoms with Crippen molar-refractivity contribution in [2.75, 3.05) is 17.6 Å². The second-order valence-electron chi connectivity index (χ2n) is 2.96. The van der Waals surface area contributed by atoms with E-state index in [0.29, 0.717) is 13.0 Å². The molecule has 0 aliphatic heterocycles. The number of nitrogens with one attached hydrogen (secondary N) is 2. The van der Waals surface area contributed by atoms with Gasteiger partial charge in [0.2, 0.25) is 0 Å². The first kappa shape index (κ1) is 10.9. The summed E-state index contributed by atoms with van der Waals surface area (Å²) in [7, 11) is 1.47. The van der Waals surface area contributed by atoms with Crippen LogP contribution in [-0.2, 0) is 7.05 Å². The number of hydrogen-bond acceptors (Lipinski definition) is 4. The monoisotopic (exact) mass is 208 g/mol. The third kappa shape index (κ3) is 2.20. The van der Waals surface area contributed by atoms with E-state index in [9.17, 15) is 9.59 Å². The van der Waals surface area contributed by atoms with Crippen molar-refractivity contribution in [3.8, 4) is 12.3 Å². The molecule has 0 saturated heterocycles. The van der Waals surface area contributed by atoms with Crippen LogP contribution in [0, 0.1) is 12.3 Å². The van der Waals surface area contributed by atoms with Gasteiger partial charge in [0.1, 0.15) is 11.5 Å². The lowest BCUT2D eigenvalue weighted by Gasteiger charge is -2.09. The van der Waals surface area contributed by atoms with E-state index in [-0.39, 0.29) is 11.5 Å². The van der Waals surface area contributed by atoms with E-state index >= 15 is 0 Å². The average molecular weight is 208 g/mol. The van der Waals surface area contributed by atoms with Crippen molar-refractivity contribution >= 4 is 11.5 Å². The Hall–Kier alpha value is -2.16. The van der Waals surface area contributed by atoms with Crippen LogP contribution < -0.4 is 22.3 Å². The molecule has 1 aromatic rings. The minimum Gasteiger partial charge on any atom is -0.383 e. The van der Waals surface area contributed by atoms with Gasteiger partial charge in [0, 0.05) is 20.0 Å². The van der Waals surface area contributed by atoms with Gasteiger partial charge in [0.15, 0.2) is 0 Å². The second kappa shape index (κ2) is 4.37. The lowest BCUT2D eigenvalue weighted by atomic mass is 10.4. The third-order valence-electron chi connectivity index (χ3n) is 1.94. The van der Waals surface area contributed by atoms with Crippen molar-refractivity contribution in [2.45, 2.75) is 6.42 Å². The van der Waals surface area contributed by atoms with Gasteiger partial charge in [-0.05, 0) is 0 Å². The fourth-order valence-electron chi connectivity index (χ4n) is 1.07. The molecule has 0 amide bonds. The SMILES string of the molecule is C#CCCNc1c(N)n(C)c(=O)[nH]c1=O. The smallest absolute Gasteiger partial charge is 0.329 e. The molecule has 4 N–H and O–H groups in total. The summed E-state index contributed by atoms with van der Waals surface area (Å²) < 4.78 is 1.15. The number of H-pyrrole nitrogens is 1. The lowest BCUT2D eigenvalue weighted by molar-refractivity contribution is 0.812. The number of hydrogen-bond donors (Lipinski definition) is 3. The van der Waals surface area contributed by atoms with Crippen LogP contribution in [0.3, 0.4) is 0 Å². The maximum Gasteiger partial charge on any atom is 0.329 e. The first-order valence-electron chi connectivity index (χ1n) is 4.34. The van der Waals surface area contributed by atoms with Crippen molar-refractivity contribution < 1.29 is 0 Å². The topological polar surface area (TPSA) is 92.9 Å². The fourth-order valence-corrected chi connectivity index (χ4v) is 1.07. The highest BCUT2D eigenvalue weighted by molar-refractivity contribution is 5.60. The molecule has 0 radical (unpaired) electrons. The van der Waals surface area contributed by atoms with Crippen LogP contribution in [0.5, 0.6) is 0 Å². The standard InChI is InChI=1S/C9H12N4O2/c1-3-4-5-11-6-7(10)13(2)9(15)12-8(6)14/h1,11H,4-5,10H2,2H3,(H,12,14,15). The fraction of sp³-hybridized carbons (Fsp3) is 0.333. The van der Waals surface area contributed by atoms with Gasteiger partial charge in [0.05, 0.1) is 0 Å². The van der Waals surface area contributed by atoms with Crippen molar-refractivity contribution in [2.24, 2.45) is 7.05 Å². The first-order valence-corrected chi connectivity index (χ1v) is 4.34. The second-order valence-corrected chi connectivity index (χ2v) is 2.96. The molecule has 0 atom stereocenters. The molecule has 1 heterocycles. The number of nitrogens with two attached hydrogens (primary N) is 1. The molecule has 0 aliphatic carbocycles. The van der Waals surface area contributed by atoms with Crippen molar-refractivity contribution in [1.82, 2.24) is 9.55 Å². The Morgan fingerprint density at radius 3 is 2.87 bits per heavy atom. The van der Waals surface area contributed by atoms with E-state index in [4.69, 9.17) is 12.2 Å². The molecule has 0 aromatic carbocycles. The van der Waals surface area contributed by atoms with Gasteiger partial charge in [-0.25, -0.2) is 4.79 Å². The van der Waals surface area contributed by atoms with Gasteiger partial charge in [-0.15, -0.1) is 12.3 Å². The van der Waals surface area contributed by atoms with Crippen LogP contribution >= 0.6 is 0 Å². The lowest BCUT2D eigenvalue weighted by Crippen LogP contribution is -2.32. The van der Waals surface area contributed by atoms with Gasteiger partial charge in [-0.3, -0.25) is 14.3 Å². The Kier molecular flexibility index (Phi) is 3.18. The number of anilines is 2. The summed E-state index contributed by atoms with van der Waals surface area (Å²) >= 11 is 0. The molecule has 80 valence electrons. The van der Waals surface area contributed by atoms with Gasteiger partial charge >= 0.3 is 5.69 Å². The summed E-state index contributed by atoms with van der Waals surface area (Å²) in [5, 5.41) is 2.78. The van der Waals surface area contributed by atoms with E-state index in [0.717, 1.165) is 4.57 Å². The predicted molar refractivity (Wildman–Crippen MR) is 58.7 cm³/mol. The molecule has 1 rings (SSSR count). The molecule has 0 aliphatic rings. The quantitative estimate of drug-likeness (QED) is 0.443. The van der Waals surface area contributed by atoms with Gasteiger partial charge in [0.25, 0.3) is 5.56 Å². The molecule has 0 fully saturated rings. The summed E-state index contributed by atoms with van der Waals surface area (Å²) in [6.45, 7) is 0.433. The average Bonchev–Trinajstić information content (AvgIpc) is 2.20. The third-order valence-corrected chi connectivity index (χ3v) is 1.94. The Morgan fingerprint density at radius 1 is 1.60 bits per heavy atom. The van der Waals surface area contributed by atoms with Crippen molar-refractivity contribution in [3.05, 3.63) is 20.8 Å². The Bertz CT molecular complexity index is 506. The molecule has 6 nitrogen and oxygen atoms in total. The molecule has 1 aromatic heterocycles. The zero-order valence-electron chi connectivity index (χ0n) is 8.33. The molecule has 0 saturated carbocycles. The maximum atomic E-state index is 11.3. The number of aromatic amines is 1. The van der Waals surface area contributed by atoms with E-state index in [2.05, 4.69) is 16.2 Å². The van der Waals surface area contributed by atoms with Crippen LogP contribution in [0.25, 0.3) is 0 Å². The number of nitrogens with zero attached hydrogens (tertiary/aromatic N) is 1. The first-order chi connectivity index (χ1) is 7.07. The van der Waals surface area contributed by atoms with Gasteiger partial charge in [-0.1, -0.05) is 0 Å². The Balaban J connectivity index is 3.09. The number of terminal acetylenes is 1. The van der Waals surface area contributed by atoms with Crippen LogP contribution in [0.1, 0.15) is 6.42 Å². The zero-order chi connectivity index (χ0) is 11.4. The molecule has 6 heteroatoms. The number of rotatable bonds is 3. The molecule has 0 unspecified atom stereocenters. The van der Waals surface area contributed by atoms with Crippen LogP contribution in [-0.4, -0.2) is 16.1 Å². The van der Waals surface area contributed by atoms with E-state index in [1.165, 1.54) is 7.05 Å². The molecular weight excluding hydrogens is 196 g/mol.